The van der Waals surface area contributed by atoms with Crippen LogP contribution in [0, 0.1) is 0 Å². The van der Waals surface area contributed by atoms with Gasteiger partial charge < -0.3 is 43.2 Å². The van der Waals surface area contributed by atoms with Gasteiger partial charge in [-0.25, -0.2) is 9.13 Å². The van der Waals surface area contributed by atoms with Gasteiger partial charge in [0.05, 0.1) is 58.3 Å². The quantitative estimate of drug-likeness (QED) is 0.143. The van der Waals surface area contributed by atoms with Crippen LogP contribution in [0.3, 0.4) is 0 Å². The maximum Gasteiger partial charge on any atom is 0.173 e. The van der Waals surface area contributed by atoms with E-state index in [0.717, 1.165) is 18.7 Å². The van der Waals surface area contributed by atoms with Crippen molar-refractivity contribution in [2.45, 2.75) is 78.6 Å². The third-order valence-electron chi connectivity index (χ3n) is 11.5. The average Bonchev–Trinajstić information content (AvgIpc) is 3.37. The number of hydrogen-bond donors (Lipinski definition) is 1. The van der Waals surface area contributed by atoms with Gasteiger partial charge in [-0.05, 0) is 80.6 Å². The molecular formula is C58H73N3O8+2. The molecule has 0 saturated carbocycles. The van der Waals surface area contributed by atoms with Crippen LogP contribution in [-0.4, -0.2) is 79.3 Å². The van der Waals surface area contributed by atoms with Crippen molar-refractivity contribution in [3.8, 4) is 34.1 Å². The summed E-state index contributed by atoms with van der Waals surface area (Å²) in [7, 11) is 0. The molecule has 0 radical (unpaired) electrons. The topological polar surface area (TPSA) is 93.6 Å². The Morgan fingerprint density at radius 1 is 0.420 bits per heavy atom. The van der Waals surface area contributed by atoms with Crippen LogP contribution in [0.15, 0.2) is 134 Å². The highest BCUT2D eigenvalue weighted by Gasteiger charge is 2.22. The van der Waals surface area contributed by atoms with Crippen LogP contribution in [-0.2, 0) is 56.0 Å². The molecule has 0 bridgehead atoms. The fourth-order valence-electron chi connectivity index (χ4n) is 7.55. The largest absolute Gasteiger partial charge is 0.487 e. The molecule has 1 aliphatic rings. The molecule has 6 aromatic rings. The number of hydrogen-bond acceptors (Lipinski definition) is 9. The zero-order valence-electron chi connectivity index (χ0n) is 45.4. The Bertz CT molecular complexity index is 2660. The van der Waals surface area contributed by atoms with Crippen LogP contribution >= 0.6 is 0 Å². The summed E-state index contributed by atoms with van der Waals surface area (Å²) in [6, 6.07) is 29.1. The molecule has 0 fully saturated rings. The summed E-state index contributed by atoms with van der Waals surface area (Å²) < 4.78 is 83.5. The Morgan fingerprint density at radius 2 is 0.812 bits per heavy atom. The van der Waals surface area contributed by atoms with Crippen molar-refractivity contribution in [1.82, 2.24) is 5.32 Å². The lowest BCUT2D eigenvalue weighted by atomic mass is 9.79. The number of rotatable bonds is 9. The summed E-state index contributed by atoms with van der Waals surface area (Å²) in [5.41, 5.74) is 10.1. The van der Waals surface area contributed by atoms with Crippen molar-refractivity contribution in [1.29, 1.82) is 0 Å². The molecule has 4 aromatic carbocycles. The third kappa shape index (κ3) is 16.7. The summed E-state index contributed by atoms with van der Waals surface area (Å²) >= 11 is 0. The van der Waals surface area contributed by atoms with Gasteiger partial charge in [-0.15, -0.1) is 0 Å². The number of aromatic nitrogens is 2. The summed E-state index contributed by atoms with van der Waals surface area (Å²) in [6.45, 7) is 19.6. The molecule has 0 spiro atoms. The second-order valence-corrected chi connectivity index (χ2v) is 19.1. The molecule has 0 amide bonds. The van der Waals surface area contributed by atoms with E-state index >= 15 is 0 Å². The lowest BCUT2D eigenvalue weighted by Gasteiger charge is -2.25. The SMILES string of the molecule is [2H]c1c([2H])c([2H])c2c(c1[2H])OCCOCCOCCOc1ccc(CNCc3ccc(C[n+]4ccc(-c5cc[n+](Cc6cc(C(C)(C)C)cc(C(C)(C)C)c6)cc5)cc4)cc3)cc1OCCOCCOCCO2. The van der Waals surface area contributed by atoms with E-state index in [2.05, 4.69) is 148 Å². The van der Waals surface area contributed by atoms with Gasteiger partial charge in [0.2, 0.25) is 0 Å². The van der Waals surface area contributed by atoms with Gasteiger partial charge in [-0.1, -0.05) is 90.0 Å². The summed E-state index contributed by atoms with van der Waals surface area (Å²) in [5.74, 6) is 1.08. The fourth-order valence-corrected chi connectivity index (χ4v) is 7.55. The third-order valence-corrected chi connectivity index (χ3v) is 11.5. The number of para-hydroxylation sites is 2. The lowest BCUT2D eigenvalue weighted by molar-refractivity contribution is -0.688. The van der Waals surface area contributed by atoms with Crippen molar-refractivity contribution in [2.75, 3.05) is 79.3 Å². The summed E-state index contributed by atoms with van der Waals surface area (Å²) in [4.78, 5) is 0. The molecule has 0 aliphatic carbocycles. The molecule has 1 N–H and O–H groups in total. The first kappa shape index (κ1) is 45.6. The molecule has 3 heterocycles. The van der Waals surface area contributed by atoms with E-state index in [1.165, 1.54) is 38.9 Å². The van der Waals surface area contributed by atoms with Crippen molar-refractivity contribution in [3.63, 3.8) is 0 Å². The molecule has 11 heteroatoms. The van der Waals surface area contributed by atoms with Gasteiger partial charge in [0, 0.05) is 48.5 Å². The predicted molar refractivity (Wildman–Crippen MR) is 269 cm³/mol. The van der Waals surface area contributed by atoms with Crippen molar-refractivity contribution < 1.29 is 52.5 Å². The number of nitrogens with zero attached hydrogens (tertiary/aromatic N) is 2. The molecular weight excluding hydrogens is 867 g/mol. The van der Waals surface area contributed by atoms with Gasteiger partial charge in [-0.2, -0.15) is 0 Å². The van der Waals surface area contributed by atoms with E-state index in [1.807, 2.05) is 18.2 Å². The number of fused-ring (bicyclic) bond motifs is 2. The first-order chi connectivity index (χ1) is 35.1. The van der Waals surface area contributed by atoms with Crippen LogP contribution in [0.4, 0.5) is 0 Å². The van der Waals surface area contributed by atoms with Gasteiger partial charge >= 0.3 is 0 Å². The highest BCUT2D eigenvalue weighted by atomic mass is 16.6. The van der Waals surface area contributed by atoms with E-state index in [4.69, 9.17) is 43.4 Å². The van der Waals surface area contributed by atoms with Crippen molar-refractivity contribution in [3.05, 3.63) is 167 Å². The van der Waals surface area contributed by atoms with E-state index in [-0.39, 0.29) is 60.8 Å². The van der Waals surface area contributed by atoms with Crippen molar-refractivity contribution in [2.24, 2.45) is 0 Å². The second-order valence-electron chi connectivity index (χ2n) is 19.1. The number of nitrogens with one attached hydrogen (secondary N) is 1. The minimum absolute atomic E-state index is 0.0519. The Balaban J connectivity index is 0.864. The maximum atomic E-state index is 8.29. The monoisotopic (exact) mass is 944 g/mol. The van der Waals surface area contributed by atoms with Crippen LogP contribution in [0.25, 0.3) is 11.1 Å². The smallest absolute Gasteiger partial charge is 0.173 e. The van der Waals surface area contributed by atoms with Crippen molar-refractivity contribution >= 4 is 0 Å². The molecule has 69 heavy (non-hydrogen) atoms. The Hall–Kier alpha value is -5.82. The maximum absolute atomic E-state index is 8.29. The molecule has 0 atom stereocenters. The predicted octanol–water partition coefficient (Wildman–Crippen LogP) is 9.21. The van der Waals surface area contributed by atoms with Crippen LogP contribution in [0.2, 0.25) is 0 Å². The van der Waals surface area contributed by atoms with Crippen LogP contribution in [0.5, 0.6) is 23.0 Å². The standard InChI is InChI=1S/C58H73N3O8/c1-57(2,3)51-37-48(38-52(40-51)58(4,5)6)44-61-23-19-50(20-24-61)49-17-21-60(22-18-49)43-46-13-11-45(12-14-46)41-59-42-47-15-16-55-56(39-47)69-36-32-65-28-27-63-30-34-67-54-10-8-7-9-53(54)66-33-29-62-25-26-64-31-35-68-55/h7-24,37-40,59H,25-36,41-44H2,1-6H3/q+2/i7D,8D,9D,10D. The Morgan fingerprint density at radius 3 is 1.29 bits per heavy atom. The van der Waals surface area contributed by atoms with E-state index in [9.17, 15) is 0 Å². The van der Waals surface area contributed by atoms with Gasteiger partial charge in [-0.3, -0.25) is 0 Å². The molecule has 0 saturated heterocycles. The first-order valence-corrected chi connectivity index (χ1v) is 24.1. The minimum Gasteiger partial charge on any atom is -0.487 e. The highest BCUT2D eigenvalue weighted by molar-refractivity contribution is 5.61. The van der Waals surface area contributed by atoms with Gasteiger partial charge in [0.1, 0.15) is 26.4 Å². The normalized spacial score (nSPS) is 16.0. The highest BCUT2D eigenvalue weighted by Crippen LogP contribution is 2.31. The summed E-state index contributed by atoms with van der Waals surface area (Å²) in [6.07, 6.45) is 8.66. The molecule has 11 nitrogen and oxygen atoms in total. The molecule has 0 unspecified atom stereocenters. The number of ether oxygens (including phenoxy) is 8. The van der Waals surface area contributed by atoms with Gasteiger partial charge in [0.25, 0.3) is 0 Å². The average molecular weight is 944 g/mol. The number of pyridine rings is 2. The second kappa shape index (κ2) is 25.7. The van der Waals surface area contributed by atoms with Gasteiger partial charge in [0.15, 0.2) is 60.9 Å². The Labute approximate surface area is 415 Å². The molecule has 2 aromatic heterocycles. The zero-order chi connectivity index (χ0) is 51.8. The van der Waals surface area contributed by atoms with Crippen LogP contribution < -0.4 is 33.4 Å². The minimum atomic E-state index is -0.405. The van der Waals surface area contributed by atoms with Crippen LogP contribution in [0.1, 0.15) is 80.4 Å². The summed E-state index contributed by atoms with van der Waals surface area (Å²) in [5, 5.41) is 3.57. The zero-order valence-corrected chi connectivity index (χ0v) is 41.4. The van der Waals surface area contributed by atoms with E-state index in [0.29, 0.717) is 77.4 Å². The Kier molecular flexibility index (Phi) is 17.0. The lowest BCUT2D eigenvalue weighted by Crippen LogP contribution is -2.34. The fraction of sp³-hybridized carbons (Fsp3) is 0.414. The first-order valence-electron chi connectivity index (χ1n) is 26.1. The van der Waals surface area contributed by atoms with E-state index < -0.39 is 12.1 Å². The molecule has 366 valence electrons. The van der Waals surface area contributed by atoms with E-state index in [1.54, 1.807) is 0 Å². The number of benzene rings is 4. The molecule has 7 rings (SSSR count). The molecule has 1 aliphatic heterocycles.